The topological polar surface area (TPSA) is 69.2 Å². The van der Waals surface area contributed by atoms with Crippen molar-refractivity contribution in [3.8, 4) is 0 Å². The molecule has 5 nitrogen and oxygen atoms in total. The first-order valence-corrected chi connectivity index (χ1v) is 3.90. The van der Waals surface area contributed by atoms with Gasteiger partial charge in [0.15, 0.2) is 0 Å². The Hall–Kier alpha value is -1.52. The van der Waals surface area contributed by atoms with Gasteiger partial charge in [0, 0.05) is 6.92 Å². The van der Waals surface area contributed by atoms with Gasteiger partial charge in [-0.25, -0.2) is 9.13 Å². The Balaban J connectivity index is 0.000000310. The first-order valence-electron chi connectivity index (χ1n) is 3.90. The van der Waals surface area contributed by atoms with E-state index in [1.807, 2.05) is 0 Å². The fourth-order valence-corrected chi connectivity index (χ4v) is 0.933. The zero-order valence-corrected chi connectivity index (χ0v) is 8.02. The molecule has 0 radical (unpaired) electrons. The van der Waals surface area contributed by atoms with Gasteiger partial charge in [0.05, 0.1) is 13.6 Å². The summed E-state index contributed by atoms with van der Waals surface area (Å²) in [5.74, 6) is 1.30. The fraction of sp³-hybridized carbons (Fsp3) is 0.500. The van der Waals surface area contributed by atoms with Crippen LogP contribution in [0, 0.1) is 6.92 Å². The van der Waals surface area contributed by atoms with Gasteiger partial charge in [-0.2, -0.15) is 0 Å². The maximum Gasteiger partial charge on any atom is 0.252 e. The lowest BCUT2D eigenvalue weighted by Crippen LogP contribution is -2.29. The van der Waals surface area contributed by atoms with E-state index in [0.717, 1.165) is 6.54 Å². The number of aromatic nitrogens is 2. The highest BCUT2D eigenvalue weighted by Crippen LogP contribution is 1.89. The minimum atomic E-state index is -2.08. The molecular weight excluding hydrogens is 172 g/mol. The molecule has 0 aromatic carbocycles. The van der Waals surface area contributed by atoms with E-state index in [1.165, 1.54) is 5.82 Å². The number of rotatable bonds is 1. The molecule has 1 aromatic rings. The van der Waals surface area contributed by atoms with E-state index in [0.29, 0.717) is 0 Å². The molecular formula is C8H14N2O3. The predicted octanol–water partition coefficient (Wildman–Crippen LogP) is -0.471. The van der Waals surface area contributed by atoms with Crippen molar-refractivity contribution in [3.05, 3.63) is 18.2 Å². The van der Waals surface area contributed by atoms with Gasteiger partial charge >= 0.3 is 0 Å². The van der Waals surface area contributed by atoms with Gasteiger partial charge in [-0.1, -0.05) is 0 Å². The van der Waals surface area contributed by atoms with Crippen LogP contribution in [0.5, 0.6) is 0 Å². The Kier molecular flexibility index (Phi) is 4.58. The highest BCUT2D eigenvalue weighted by atomic mass is 16.6. The van der Waals surface area contributed by atoms with E-state index in [2.05, 4.69) is 42.4 Å². The van der Waals surface area contributed by atoms with Crippen LogP contribution in [0.1, 0.15) is 12.7 Å². The van der Waals surface area contributed by atoms with Crippen LogP contribution >= 0.6 is 0 Å². The van der Waals surface area contributed by atoms with Crippen molar-refractivity contribution in [1.29, 1.82) is 0 Å². The summed E-state index contributed by atoms with van der Waals surface area (Å²) in [6.45, 7) is 5.32. The molecule has 0 saturated heterocycles. The van der Waals surface area contributed by atoms with Crippen LogP contribution in [0.25, 0.3) is 0 Å². The van der Waals surface area contributed by atoms with Crippen molar-refractivity contribution in [2.24, 2.45) is 7.05 Å². The maximum absolute atomic E-state index is 8.44. The number of imidazole rings is 1. The molecule has 13 heavy (non-hydrogen) atoms. The van der Waals surface area contributed by atoms with E-state index < -0.39 is 6.16 Å². The highest BCUT2D eigenvalue weighted by Gasteiger charge is 2.03. The van der Waals surface area contributed by atoms with Gasteiger partial charge in [0.1, 0.15) is 12.4 Å². The molecule has 0 unspecified atom stereocenters. The molecule has 74 valence electrons. The van der Waals surface area contributed by atoms with Crippen molar-refractivity contribution in [2.75, 3.05) is 0 Å². The summed E-state index contributed by atoms with van der Waals surface area (Å²) in [6.07, 6.45) is 2.08. The van der Waals surface area contributed by atoms with Crippen molar-refractivity contribution >= 4 is 6.16 Å². The first-order chi connectivity index (χ1) is 5.99. The second kappa shape index (κ2) is 5.18. The van der Waals surface area contributed by atoms with Gasteiger partial charge in [0.25, 0.3) is 5.82 Å². The molecule has 1 aromatic heterocycles. The monoisotopic (exact) mass is 186 g/mol. The van der Waals surface area contributed by atoms with Crippen LogP contribution in [0.4, 0.5) is 4.79 Å². The molecule has 1 rings (SSSR count). The Morgan fingerprint density at radius 2 is 2.23 bits per heavy atom. The first kappa shape index (κ1) is 11.5. The second-order valence-electron chi connectivity index (χ2n) is 2.51. The van der Waals surface area contributed by atoms with Crippen molar-refractivity contribution < 1.29 is 19.6 Å². The molecule has 0 spiro atoms. The molecule has 0 atom stereocenters. The molecule has 1 N–H and O–H groups in total. The zero-order chi connectivity index (χ0) is 10.4. The Labute approximate surface area is 76.9 Å². The third kappa shape index (κ3) is 4.15. The lowest BCUT2D eigenvalue weighted by Gasteiger charge is -1.90. The zero-order valence-electron chi connectivity index (χ0n) is 8.02. The lowest BCUT2D eigenvalue weighted by molar-refractivity contribution is -0.677. The molecule has 0 bridgehead atoms. The number of nitrogens with zero attached hydrogens (tertiary/aromatic N) is 2. The quantitative estimate of drug-likeness (QED) is 0.603. The van der Waals surface area contributed by atoms with E-state index in [-0.39, 0.29) is 0 Å². The molecule has 0 aliphatic heterocycles. The number of hydrogen-bond donors (Lipinski definition) is 1. The SMILES string of the molecule is CCn1cc[n+](C)c1C.O=C([O-])O. The third-order valence-corrected chi connectivity index (χ3v) is 1.74. The van der Waals surface area contributed by atoms with Gasteiger partial charge in [-0.15, -0.1) is 0 Å². The number of hydrogen-bond acceptors (Lipinski definition) is 2. The summed E-state index contributed by atoms with van der Waals surface area (Å²) in [7, 11) is 2.06. The minimum absolute atomic E-state index is 1.06. The summed E-state index contributed by atoms with van der Waals surface area (Å²) in [4.78, 5) is 8.44. The molecule has 0 saturated carbocycles. The van der Waals surface area contributed by atoms with Crippen LogP contribution in [-0.2, 0) is 13.6 Å². The lowest BCUT2D eigenvalue weighted by atomic mass is 10.6. The van der Waals surface area contributed by atoms with Crippen molar-refractivity contribution in [2.45, 2.75) is 20.4 Å². The van der Waals surface area contributed by atoms with Crippen LogP contribution < -0.4 is 9.67 Å². The summed E-state index contributed by atoms with van der Waals surface area (Å²) in [6, 6.07) is 0. The predicted molar refractivity (Wildman–Crippen MR) is 44.0 cm³/mol. The molecule has 0 fully saturated rings. The van der Waals surface area contributed by atoms with Crippen LogP contribution in [0.3, 0.4) is 0 Å². The largest absolute Gasteiger partial charge is 0.565 e. The van der Waals surface area contributed by atoms with Crippen LogP contribution in [0.15, 0.2) is 12.4 Å². The molecule has 5 heteroatoms. The second-order valence-corrected chi connectivity index (χ2v) is 2.51. The number of aryl methyl sites for hydroxylation is 2. The van der Waals surface area contributed by atoms with Gasteiger partial charge in [-0.3, -0.25) is 0 Å². The normalized spacial score (nSPS) is 8.85. The van der Waals surface area contributed by atoms with Crippen LogP contribution in [-0.4, -0.2) is 15.8 Å². The molecule has 0 aliphatic rings. The molecule has 1 heterocycles. The van der Waals surface area contributed by atoms with E-state index >= 15 is 0 Å². The summed E-state index contributed by atoms with van der Waals surface area (Å²) < 4.78 is 4.32. The van der Waals surface area contributed by atoms with Crippen molar-refractivity contribution in [3.63, 3.8) is 0 Å². The Morgan fingerprint density at radius 1 is 1.77 bits per heavy atom. The minimum Gasteiger partial charge on any atom is -0.565 e. The Bertz CT molecular complexity index is 277. The van der Waals surface area contributed by atoms with E-state index in [9.17, 15) is 0 Å². The van der Waals surface area contributed by atoms with Crippen LogP contribution in [0.2, 0.25) is 0 Å². The van der Waals surface area contributed by atoms with Gasteiger partial charge in [0.2, 0.25) is 6.16 Å². The molecule has 0 amide bonds. The number of carbonyl (C=O) groups is 1. The Morgan fingerprint density at radius 3 is 2.38 bits per heavy atom. The highest BCUT2D eigenvalue weighted by molar-refractivity contribution is 5.50. The standard InChI is InChI=1S/C7H13N2.CH2O3/c1-4-9-6-5-8(3)7(9)2;2-1(3)4/h5-6H,4H2,1-3H3;(H2,2,3,4)/q+1;/p-1. The number of carboxylic acid groups (broad SMARTS) is 2. The maximum atomic E-state index is 8.44. The fourth-order valence-electron chi connectivity index (χ4n) is 0.933. The smallest absolute Gasteiger partial charge is 0.252 e. The van der Waals surface area contributed by atoms with Gasteiger partial charge < -0.3 is 15.0 Å². The van der Waals surface area contributed by atoms with E-state index in [4.69, 9.17) is 15.0 Å². The van der Waals surface area contributed by atoms with Gasteiger partial charge in [-0.05, 0) is 6.92 Å². The summed E-state index contributed by atoms with van der Waals surface area (Å²) in [5, 5.41) is 15.3. The summed E-state index contributed by atoms with van der Waals surface area (Å²) in [5.41, 5.74) is 0. The third-order valence-electron chi connectivity index (χ3n) is 1.74. The molecule has 0 aliphatic carbocycles. The average Bonchev–Trinajstić information content (AvgIpc) is 2.32. The van der Waals surface area contributed by atoms with E-state index in [1.54, 1.807) is 0 Å². The van der Waals surface area contributed by atoms with Crippen molar-refractivity contribution in [1.82, 2.24) is 4.57 Å². The summed E-state index contributed by atoms with van der Waals surface area (Å²) >= 11 is 0. The average molecular weight is 186 g/mol.